The third-order valence-electron chi connectivity index (χ3n) is 1.82. The summed E-state index contributed by atoms with van der Waals surface area (Å²) in [6.07, 6.45) is 2.62. The molecule has 0 spiro atoms. The van der Waals surface area contributed by atoms with Crippen LogP contribution in [-0.4, -0.2) is 37.8 Å². The number of hydrogen-bond donors (Lipinski definition) is 1. The number of rotatable bonds is 9. The Labute approximate surface area is 86.8 Å². The van der Waals surface area contributed by atoms with Crippen LogP contribution in [0.15, 0.2) is 0 Å². The van der Waals surface area contributed by atoms with E-state index in [2.05, 4.69) is 19.2 Å². The highest BCUT2D eigenvalue weighted by atomic mass is 32.2. The summed E-state index contributed by atoms with van der Waals surface area (Å²) in [5.74, 6) is 2.45. The first-order valence-electron chi connectivity index (χ1n) is 5.15. The number of methoxy groups -OCH3 is 1. The van der Waals surface area contributed by atoms with Crippen LogP contribution in [0.25, 0.3) is 0 Å². The van der Waals surface area contributed by atoms with Crippen molar-refractivity contribution in [3.8, 4) is 0 Å². The maximum atomic E-state index is 5.14. The van der Waals surface area contributed by atoms with Gasteiger partial charge in [-0.3, -0.25) is 0 Å². The lowest BCUT2D eigenvalue weighted by Crippen LogP contribution is -2.35. The van der Waals surface area contributed by atoms with Crippen molar-refractivity contribution in [1.29, 1.82) is 0 Å². The summed E-state index contributed by atoms with van der Waals surface area (Å²) in [4.78, 5) is 0. The van der Waals surface area contributed by atoms with E-state index < -0.39 is 0 Å². The zero-order chi connectivity index (χ0) is 9.94. The first kappa shape index (κ1) is 13.3. The highest BCUT2D eigenvalue weighted by Crippen LogP contribution is 2.06. The van der Waals surface area contributed by atoms with Crippen molar-refractivity contribution in [3.63, 3.8) is 0 Å². The molecule has 3 heteroatoms. The lowest BCUT2D eigenvalue weighted by atomic mass is 10.3. The van der Waals surface area contributed by atoms with Crippen molar-refractivity contribution in [3.05, 3.63) is 0 Å². The van der Waals surface area contributed by atoms with Crippen LogP contribution in [0, 0.1) is 0 Å². The lowest BCUT2D eigenvalue weighted by molar-refractivity contribution is 0.174. The molecule has 0 radical (unpaired) electrons. The van der Waals surface area contributed by atoms with Gasteiger partial charge in [-0.1, -0.05) is 20.3 Å². The smallest absolute Gasteiger partial charge is 0.0623 e. The molecule has 0 aromatic carbocycles. The van der Waals surface area contributed by atoms with Crippen LogP contribution < -0.4 is 5.32 Å². The Bertz CT molecular complexity index is 94.9. The summed E-state index contributed by atoms with van der Waals surface area (Å²) in [5, 5.41) is 3.41. The van der Waals surface area contributed by atoms with Crippen molar-refractivity contribution in [2.45, 2.75) is 32.7 Å². The second-order valence-electron chi connectivity index (χ2n) is 3.14. The van der Waals surface area contributed by atoms with Gasteiger partial charge >= 0.3 is 0 Å². The fourth-order valence-corrected chi connectivity index (χ4v) is 2.29. The SMILES string of the molecule is CCCCSCC(COC)NCC. The summed E-state index contributed by atoms with van der Waals surface area (Å²) in [6, 6.07) is 0.525. The van der Waals surface area contributed by atoms with E-state index in [9.17, 15) is 0 Å². The summed E-state index contributed by atoms with van der Waals surface area (Å²) < 4.78 is 5.14. The van der Waals surface area contributed by atoms with E-state index >= 15 is 0 Å². The number of hydrogen-bond acceptors (Lipinski definition) is 3. The molecule has 0 saturated carbocycles. The molecule has 0 bridgehead atoms. The van der Waals surface area contributed by atoms with Crippen LogP contribution in [0.2, 0.25) is 0 Å². The van der Waals surface area contributed by atoms with Crippen molar-refractivity contribution in [2.24, 2.45) is 0 Å². The van der Waals surface area contributed by atoms with Gasteiger partial charge in [-0.15, -0.1) is 0 Å². The molecule has 0 rings (SSSR count). The normalized spacial score (nSPS) is 13.2. The molecule has 1 unspecified atom stereocenters. The molecule has 80 valence electrons. The molecule has 13 heavy (non-hydrogen) atoms. The number of thioether (sulfide) groups is 1. The fourth-order valence-electron chi connectivity index (χ4n) is 1.13. The minimum absolute atomic E-state index is 0.525. The van der Waals surface area contributed by atoms with Gasteiger partial charge in [0.15, 0.2) is 0 Å². The van der Waals surface area contributed by atoms with Crippen molar-refractivity contribution in [1.82, 2.24) is 5.32 Å². The highest BCUT2D eigenvalue weighted by molar-refractivity contribution is 7.99. The second-order valence-corrected chi connectivity index (χ2v) is 4.29. The number of likely N-dealkylation sites (N-methyl/N-ethyl adjacent to an activating group) is 1. The van der Waals surface area contributed by atoms with Crippen LogP contribution in [0.4, 0.5) is 0 Å². The number of ether oxygens (including phenoxy) is 1. The van der Waals surface area contributed by atoms with Gasteiger partial charge in [0.25, 0.3) is 0 Å². The number of unbranched alkanes of at least 4 members (excludes halogenated alkanes) is 1. The topological polar surface area (TPSA) is 21.3 Å². The molecule has 0 aliphatic heterocycles. The van der Waals surface area contributed by atoms with Crippen LogP contribution in [0.1, 0.15) is 26.7 Å². The molecule has 0 aromatic heterocycles. The molecule has 1 N–H and O–H groups in total. The van der Waals surface area contributed by atoms with Gasteiger partial charge in [0, 0.05) is 18.9 Å². The molecule has 0 aliphatic rings. The molecule has 2 nitrogen and oxygen atoms in total. The maximum Gasteiger partial charge on any atom is 0.0623 e. The first-order chi connectivity index (χ1) is 6.35. The maximum absolute atomic E-state index is 5.14. The Morgan fingerprint density at radius 2 is 2.15 bits per heavy atom. The Morgan fingerprint density at radius 3 is 2.69 bits per heavy atom. The van der Waals surface area contributed by atoms with E-state index in [4.69, 9.17) is 4.74 Å². The zero-order valence-corrected chi connectivity index (χ0v) is 9.95. The molecule has 1 atom stereocenters. The fraction of sp³-hybridized carbons (Fsp3) is 1.00. The summed E-state index contributed by atoms with van der Waals surface area (Å²) in [6.45, 7) is 6.23. The minimum Gasteiger partial charge on any atom is -0.383 e. The molecule has 0 heterocycles. The average Bonchev–Trinajstić information content (AvgIpc) is 2.13. The predicted molar refractivity (Wildman–Crippen MR) is 61.6 cm³/mol. The molecular weight excluding hydrogens is 182 g/mol. The molecule has 0 aliphatic carbocycles. The average molecular weight is 205 g/mol. The highest BCUT2D eigenvalue weighted by Gasteiger charge is 2.05. The monoisotopic (exact) mass is 205 g/mol. The predicted octanol–water partition coefficient (Wildman–Crippen LogP) is 2.14. The quantitative estimate of drug-likeness (QED) is 0.583. The van der Waals surface area contributed by atoms with E-state index in [1.54, 1.807) is 7.11 Å². The minimum atomic E-state index is 0.525. The molecular formula is C10H23NOS. The third-order valence-corrected chi connectivity index (χ3v) is 3.04. The zero-order valence-electron chi connectivity index (χ0n) is 9.14. The van der Waals surface area contributed by atoms with Gasteiger partial charge in [-0.05, 0) is 18.7 Å². The van der Waals surface area contributed by atoms with Gasteiger partial charge in [0.2, 0.25) is 0 Å². The number of nitrogens with one attached hydrogen (secondary N) is 1. The Morgan fingerprint density at radius 1 is 1.38 bits per heavy atom. The summed E-state index contributed by atoms with van der Waals surface area (Å²) in [7, 11) is 1.76. The molecule has 0 amide bonds. The molecule has 0 aromatic rings. The summed E-state index contributed by atoms with van der Waals surface area (Å²) >= 11 is 2.02. The van der Waals surface area contributed by atoms with E-state index in [1.807, 2.05) is 11.8 Å². The Balaban J connectivity index is 3.33. The van der Waals surface area contributed by atoms with Crippen molar-refractivity contribution in [2.75, 3.05) is 31.8 Å². The van der Waals surface area contributed by atoms with E-state index in [0.29, 0.717) is 6.04 Å². The van der Waals surface area contributed by atoms with E-state index in [0.717, 1.165) is 13.2 Å². The Kier molecular flexibility index (Phi) is 10.6. The molecule has 0 saturated heterocycles. The van der Waals surface area contributed by atoms with Crippen molar-refractivity contribution < 1.29 is 4.74 Å². The van der Waals surface area contributed by atoms with Crippen molar-refractivity contribution >= 4 is 11.8 Å². The largest absolute Gasteiger partial charge is 0.383 e. The van der Waals surface area contributed by atoms with Gasteiger partial charge in [-0.25, -0.2) is 0 Å². The van der Waals surface area contributed by atoms with Crippen LogP contribution in [-0.2, 0) is 4.74 Å². The summed E-state index contributed by atoms with van der Waals surface area (Å²) in [5.41, 5.74) is 0. The van der Waals surface area contributed by atoms with Gasteiger partial charge in [0.05, 0.1) is 6.61 Å². The van der Waals surface area contributed by atoms with Crippen LogP contribution >= 0.6 is 11.8 Å². The van der Waals surface area contributed by atoms with Crippen LogP contribution in [0.3, 0.4) is 0 Å². The van der Waals surface area contributed by atoms with E-state index in [1.165, 1.54) is 24.3 Å². The van der Waals surface area contributed by atoms with E-state index in [-0.39, 0.29) is 0 Å². The first-order valence-corrected chi connectivity index (χ1v) is 6.30. The standard InChI is InChI=1S/C10H23NOS/c1-4-6-7-13-9-10(8-12-3)11-5-2/h10-11H,4-9H2,1-3H3. The van der Waals surface area contributed by atoms with Gasteiger partial charge < -0.3 is 10.1 Å². The lowest BCUT2D eigenvalue weighted by Gasteiger charge is -2.16. The van der Waals surface area contributed by atoms with Gasteiger partial charge in [-0.2, -0.15) is 11.8 Å². The molecule has 0 fully saturated rings. The third kappa shape index (κ3) is 8.60. The van der Waals surface area contributed by atoms with Crippen LogP contribution in [0.5, 0.6) is 0 Å². The second kappa shape index (κ2) is 10.4. The van der Waals surface area contributed by atoms with Gasteiger partial charge in [0.1, 0.15) is 0 Å². The Hall–Kier alpha value is 0.270.